The van der Waals surface area contributed by atoms with Gasteiger partial charge in [-0.15, -0.1) is 0 Å². The lowest BCUT2D eigenvalue weighted by Crippen LogP contribution is -2.39. The fraction of sp³-hybridized carbons (Fsp3) is 0.700. The van der Waals surface area contributed by atoms with Gasteiger partial charge in [0.15, 0.2) is 6.10 Å². The Hall–Kier alpha value is -1.63. The fourth-order valence-electron chi connectivity index (χ4n) is 1.55. The summed E-state index contributed by atoms with van der Waals surface area (Å²) < 4.78 is 5.06. The minimum absolute atomic E-state index is 0.165. The Bertz CT molecular complexity index is 318. The van der Waals surface area contributed by atoms with Crippen LogP contribution in [-0.2, 0) is 19.1 Å². The summed E-state index contributed by atoms with van der Waals surface area (Å²) in [4.78, 5) is 32.7. The van der Waals surface area contributed by atoms with E-state index in [-0.39, 0.29) is 11.8 Å². The minimum Gasteiger partial charge on any atom is -0.479 e. The molecule has 0 aromatic carbocycles. The second kappa shape index (κ2) is 6.19. The minimum atomic E-state index is -1.04. The first-order valence-electron chi connectivity index (χ1n) is 5.41. The summed E-state index contributed by atoms with van der Waals surface area (Å²) in [5, 5.41) is 13.8. The summed E-state index contributed by atoms with van der Waals surface area (Å²) in [5.41, 5.74) is 0. The molecular formula is C10H16N2O5. The van der Waals surface area contributed by atoms with Crippen LogP contribution in [0.25, 0.3) is 0 Å². The molecule has 2 unspecified atom stereocenters. The number of hydrogen-bond donors (Lipinski definition) is 3. The molecular weight excluding hydrogens is 228 g/mol. The number of nitrogens with one attached hydrogen (secondary N) is 2. The van der Waals surface area contributed by atoms with E-state index in [0.717, 1.165) is 0 Å². The number of aliphatic carboxylic acids is 1. The number of carboxylic acids is 1. The maximum Gasteiger partial charge on any atom is 0.332 e. The third-order valence-electron chi connectivity index (χ3n) is 2.39. The van der Waals surface area contributed by atoms with E-state index in [2.05, 4.69) is 10.6 Å². The predicted octanol–water partition coefficient (Wildman–Crippen LogP) is -1.13. The molecule has 96 valence electrons. The monoisotopic (exact) mass is 244 g/mol. The van der Waals surface area contributed by atoms with Crippen LogP contribution in [0.15, 0.2) is 0 Å². The van der Waals surface area contributed by atoms with Crippen molar-refractivity contribution in [3.63, 3.8) is 0 Å². The number of carbonyl (C=O) groups excluding carboxylic acids is 2. The first-order chi connectivity index (χ1) is 8.00. The lowest BCUT2D eigenvalue weighted by atomic mass is 10.2. The first-order valence-corrected chi connectivity index (χ1v) is 5.41. The van der Waals surface area contributed by atoms with Gasteiger partial charge in [-0.25, -0.2) is 4.79 Å². The van der Waals surface area contributed by atoms with Crippen molar-refractivity contribution in [1.29, 1.82) is 0 Å². The van der Waals surface area contributed by atoms with Gasteiger partial charge in [0.25, 0.3) is 0 Å². The van der Waals surface area contributed by atoms with Crippen LogP contribution in [0.4, 0.5) is 0 Å². The van der Waals surface area contributed by atoms with E-state index in [1.807, 2.05) is 0 Å². The van der Waals surface area contributed by atoms with E-state index in [9.17, 15) is 14.4 Å². The van der Waals surface area contributed by atoms with Crippen molar-refractivity contribution in [3.05, 3.63) is 0 Å². The average Bonchev–Trinajstić information content (AvgIpc) is 2.73. The Morgan fingerprint density at radius 1 is 1.18 bits per heavy atom. The van der Waals surface area contributed by atoms with Crippen LogP contribution in [0.1, 0.15) is 19.8 Å². The van der Waals surface area contributed by atoms with Crippen LogP contribution >= 0.6 is 0 Å². The van der Waals surface area contributed by atoms with Gasteiger partial charge in [0, 0.05) is 20.0 Å². The molecule has 17 heavy (non-hydrogen) atoms. The Labute approximate surface area is 98.5 Å². The summed E-state index contributed by atoms with van der Waals surface area (Å²) in [6.07, 6.45) is -0.836. The van der Waals surface area contributed by atoms with Crippen molar-refractivity contribution in [2.75, 3.05) is 13.1 Å². The van der Waals surface area contributed by atoms with Crippen LogP contribution in [0.5, 0.6) is 0 Å². The number of carboxylic acid groups (broad SMARTS) is 1. The molecule has 0 aliphatic carbocycles. The Kier molecular flexibility index (Phi) is 4.89. The standard InChI is InChI=1S/C10H16N2O5/c1-6(13)11-4-5-12-9(14)7-2-3-8(17-7)10(15)16/h7-8H,2-5H2,1H3,(H,11,13)(H,12,14)(H,15,16). The second-order valence-electron chi connectivity index (χ2n) is 3.80. The highest BCUT2D eigenvalue weighted by Crippen LogP contribution is 2.19. The fourth-order valence-corrected chi connectivity index (χ4v) is 1.55. The van der Waals surface area contributed by atoms with Crippen molar-refractivity contribution >= 4 is 17.8 Å². The van der Waals surface area contributed by atoms with Gasteiger partial charge in [-0.05, 0) is 12.8 Å². The predicted molar refractivity (Wildman–Crippen MR) is 57.2 cm³/mol. The van der Waals surface area contributed by atoms with Crippen molar-refractivity contribution in [1.82, 2.24) is 10.6 Å². The van der Waals surface area contributed by atoms with Gasteiger partial charge in [-0.3, -0.25) is 9.59 Å². The van der Waals surface area contributed by atoms with Gasteiger partial charge >= 0.3 is 5.97 Å². The molecule has 1 rings (SSSR count). The normalized spacial score (nSPS) is 23.1. The molecule has 3 N–H and O–H groups in total. The second-order valence-corrected chi connectivity index (χ2v) is 3.80. The average molecular weight is 244 g/mol. The molecule has 2 amide bonds. The van der Waals surface area contributed by atoms with Gasteiger partial charge < -0.3 is 20.5 Å². The molecule has 1 heterocycles. The van der Waals surface area contributed by atoms with E-state index in [4.69, 9.17) is 9.84 Å². The van der Waals surface area contributed by atoms with E-state index < -0.39 is 18.2 Å². The maximum absolute atomic E-state index is 11.5. The highest BCUT2D eigenvalue weighted by Gasteiger charge is 2.34. The zero-order valence-electron chi connectivity index (χ0n) is 9.56. The van der Waals surface area contributed by atoms with E-state index in [1.165, 1.54) is 6.92 Å². The van der Waals surface area contributed by atoms with Gasteiger partial charge in [0.05, 0.1) is 0 Å². The van der Waals surface area contributed by atoms with Gasteiger partial charge in [-0.1, -0.05) is 0 Å². The number of hydrogen-bond acceptors (Lipinski definition) is 4. The van der Waals surface area contributed by atoms with Crippen LogP contribution < -0.4 is 10.6 Å². The van der Waals surface area contributed by atoms with Gasteiger partial charge in [0.2, 0.25) is 11.8 Å². The molecule has 0 radical (unpaired) electrons. The van der Waals surface area contributed by atoms with E-state index in [1.54, 1.807) is 0 Å². The SMILES string of the molecule is CC(=O)NCCNC(=O)C1CCC(C(=O)O)O1. The van der Waals surface area contributed by atoms with Crippen molar-refractivity contribution in [2.45, 2.75) is 32.0 Å². The number of rotatable bonds is 5. The molecule has 0 aromatic rings. The van der Waals surface area contributed by atoms with Crippen LogP contribution in [0.3, 0.4) is 0 Å². The largest absolute Gasteiger partial charge is 0.479 e. The molecule has 1 saturated heterocycles. The summed E-state index contributed by atoms with van der Waals surface area (Å²) >= 11 is 0. The first kappa shape index (κ1) is 13.4. The quantitative estimate of drug-likeness (QED) is 0.531. The molecule has 0 saturated carbocycles. The summed E-state index contributed by atoms with van der Waals surface area (Å²) in [6.45, 7) is 2.03. The molecule has 1 aliphatic rings. The zero-order chi connectivity index (χ0) is 12.8. The topological polar surface area (TPSA) is 105 Å². The number of ether oxygens (including phenoxy) is 1. The molecule has 7 nitrogen and oxygen atoms in total. The van der Waals surface area contributed by atoms with Crippen LogP contribution in [-0.4, -0.2) is 48.2 Å². The highest BCUT2D eigenvalue weighted by molar-refractivity contribution is 5.82. The Morgan fingerprint density at radius 3 is 2.29 bits per heavy atom. The summed E-state index contributed by atoms with van der Waals surface area (Å²) in [5.74, 6) is -1.54. The molecule has 7 heteroatoms. The van der Waals surface area contributed by atoms with E-state index >= 15 is 0 Å². The van der Waals surface area contributed by atoms with Gasteiger partial charge in [0.1, 0.15) is 6.10 Å². The maximum atomic E-state index is 11.5. The van der Waals surface area contributed by atoms with Crippen molar-refractivity contribution < 1.29 is 24.2 Å². The Balaban J connectivity index is 2.21. The smallest absolute Gasteiger partial charge is 0.332 e. The molecule has 0 spiro atoms. The number of amides is 2. The third kappa shape index (κ3) is 4.39. The summed E-state index contributed by atoms with van der Waals surface area (Å²) in [6, 6.07) is 0. The zero-order valence-corrected chi connectivity index (χ0v) is 9.56. The third-order valence-corrected chi connectivity index (χ3v) is 2.39. The molecule has 2 atom stereocenters. The highest BCUT2D eigenvalue weighted by atomic mass is 16.5. The summed E-state index contributed by atoms with van der Waals surface area (Å²) in [7, 11) is 0. The Morgan fingerprint density at radius 2 is 1.76 bits per heavy atom. The molecule has 0 bridgehead atoms. The van der Waals surface area contributed by atoms with Crippen molar-refractivity contribution in [2.24, 2.45) is 0 Å². The van der Waals surface area contributed by atoms with Crippen LogP contribution in [0.2, 0.25) is 0 Å². The lowest BCUT2D eigenvalue weighted by molar-refractivity contribution is -0.151. The number of carbonyl (C=O) groups is 3. The molecule has 0 aromatic heterocycles. The lowest BCUT2D eigenvalue weighted by Gasteiger charge is -2.11. The molecule has 1 aliphatic heterocycles. The molecule has 1 fully saturated rings. The van der Waals surface area contributed by atoms with Crippen LogP contribution in [0, 0.1) is 0 Å². The van der Waals surface area contributed by atoms with E-state index in [0.29, 0.717) is 25.9 Å². The van der Waals surface area contributed by atoms with Crippen molar-refractivity contribution in [3.8, 4) is 0 Å². The van der Waals surface area contributed by atoms with Gasteiger partial charge in [-0.2, -0.15) is 0 Å².